The van der Waals surface area contributed by atoms with E-state index in [4.69, 9.17) is 9.72 Å². The van der Waals surface area contributed by atoms with Crippen LogP contribution in [0.5, 0.6) is 5.75 Å². The summed E-state index contributed by atoms with van der Waals surface area (Å²) in [5.74, 6) is 0.858. The Morgan fingerprint density at radius 2 is 1.97 bits per heavy atom. The molecule has 2 heterocycles. The summed E-state index contributed by atoms with van der Waals surface area (Å²) in [4.78, 5) is 10.4. The summed E-state index contributed by atoms with van der Waals surface area (Å²) in [6, 6.07) is 14.5. The molecule has 29 heavy (non-hydrogen) atoms. The molecule has 0 fully saturated rings. The van der Waals surface area contributed by atoms with E-state index in [0.717, 1.165) is 35.1 Å². The van der Waals surface area contributed by atoms with Gasteiger partial charge in [-0.15, -0.1) is 11.3 Å². The lowest BCUT2D eigenvalue weighted by atomic mass is 10.1. The lowest BCUT2D eigenvalue weighted by Gasteiger charge is -2.08. The Hall–Kier alpha value is -2.83. The molecule has 4 rings (SSSR count). The highest BCUT2D eigenvalue weighted by Crippen LogP contribution is 2.29. The first-order chi connectivity index (χ1) is 14.1. The first-order valence-corrected chi connectivity index (χ1v) is 10.6. The van der Waals surface area contributed by atoms with Gasteiger partial charge in [-0.1, -0.05) is 0 Å². The van der Waals surface area contributed by atoms with Crippen molar-refractivity contribution in [2.24, 2.45) is 0 Å². The number of benzene rings is 2. The van der Waals surface area contributed by atoms with E-state index in [1.807, 2.05) is 24.3 Å². The molecule has 0 saturated heterocycles. The van der Waals surface area contributed by atoms with Crippen LogP contribution < -0.4 is 10.1 Å². The number of methoxy groups -OCH3 is 1. The average molecular weight is 407 g/mol. The smallest absolute Gasteiger partial charge is 0.123 e. The minimum atomic E-state index is 0.698. The molecular formula is C23H26N4OS. The maximum Gasteiger partial charge on any atom is 0.123 e. The number of rotatable bonds is 8. The zero-order valence-corrected chi connectivity index (χ0v) is 17.8. The molecule has 0 spiro atoms. The third kappa shape index (κ3) is 4.60. The summed E-state index contributed by atoms with van der Waals surface area (Å²) in [6.45, 7) is 1.74. The highest BCUT2D eigenvalue weighted by molar-refractivity contribution is 7.13. The maximum atomic E-state index is 5.20. The molecule has 0 atom stereocenters. The van der Waals surface area contributed by atoms with Crippen LogP contribution in [0.25, 0.3) is 21.5 Å². The van der Waals surface area contributed by atoms with Crippen LogP contribution in [-0.2, 0) is 13.0 Å². The molecule has 2 aromatic heterocycles. The van der Waals surface area contributed by atoms with Crippen molar-refractivity contribution in [1.82, 2.24) is 14.9 Å². The molecule has 2 N–H and O–H groups in total. The molecule has 0 aliphatic heterocycles. The minimum Gasteiger partial charge on any atom is -0.497 e. The van der Waals surface area contributed by atoms with Gasteiger partial charge in [-0.3, -0.25) is 0 Å². The molecule has 0 amide bonds. The number of likely N-dealkylation sites (N-methyl/N-ethyl adjacent to an activating group) is 1. The summed E-state index contributed by atoms with van der Waals surface area (Å²) in [6.07, 6.45) is 3.16. The van der Waals surface area contributed by atoms with Crippen molar-refractivity contribution in [2.75, 3.05) is 33.1 Å². The summed E-state index contributed by atoms with van der Waals surface area (Å²) in [5.41, 5.74) is 5.81. The Balaban J connectivity index is 1.47. The van der Waals surface area contributed by atoms with E-state index >= 15 is 0 Å². The lowest BCUT2D eigenvalue weighted by molar-refractivity contribution is 0.414. The fourth-order valence-electron chi connectivity index (χ4n) is 3.28. The summed E-state index contributed by atoms with van der Waals surface area (Å²) in [7, 11) is 5.89. The number of anilines is 1. The third-order valence-electron chi connectivity index (χ3n) is 4.96. The molecule has 0 aliphatic carbocycles. The molecule has 0 unspecified atom stereocenters. The van der Waals surface area contributed by atoms with Crippen molar-refractivity contribution >= 4 is 27.9 Å². The van der Waals surface area contributed by atoms with Crippen LogP contribution in [0.3, 0.4) is 0 Å². The fraction of sp³-hybridized carbons (Fsp3) is 0.261. The van der Waals surface area contributed by atoms with Crippen molar-refractivity contribution in [3.8, 4) is 16.3 Å². The summed E-state index contributed by atoms with van der Waals surface area (Å²) < 4.78 is 5.20. The number of aromatic amines is 1. The Morgan fingerprint density at radius 3 is 2.72 bits per heavy atom. The van der Waals surface area contributed by atoms with Gasteiger partial charge in [-0.25, -0.2) is 4.98 Å². The Bertz CT molecular complexity index is 1080. The first-order valence-electron chi connectivity index (χ1n) is 9.70. The first kappa shape index (κ1) is 19.5. The van der Waals surface area contributed by atoms with Gasteiger partial charge in [-0.2, -0.15) is 0 Å². The summed E-state index contributed by atoms with van der Waals surface area (Å²) in [5, 5.41) is 7.89. The molecule has 0 radical (unpaired) electrons. The lowest BCUT2D eigenvalue weighted by Crippen LogP contribution is -2.14. The van der Waals surface area contributed by atoms with Gasteiger partial charge in [0.05, 0.1) is 19.3 Å². The van der Waals surface area contributed by atoms with E-state index in [2.05, 4.69) is 59.1 Å². The van der Waals surface area contributed by atoms with Crippen LogP contribution in [0.4, 0.5) is 5.69 Å². The number of nitrogens with zero attached hydrogens (tertiary/aromatic N) is 2. The quantitative estimate of drug-likeness (QED) is 0.432. The Kier molecular flexibility index (Phi) is 5.83. The van der Waals surface area contributed by atoms with Gasteiger partial charge in [0.1, 0.15) is 10.8 Å². The largest absolute Gasteiger partial charge is 0.497 e. The minimum absolute atomic E-state index is 0.698. The van der Waals surface area contributed by atoms with Crippen LogP contribution in [0, 0.1) is 0 Å². The van der Waals surface area contributed by atoms with Gasteiger partial charge in [0, 0.05) is 40.3 Å². The van der Waals surface area contributed by atoms with Gasteiger partial charge in [0.2, 0.25) is 0 Å². The molecule has 6 heteroatoms. The molecule has 150 valence electrons. The van der Waals surface area contributed by atoms with Crippen molar-refractivity contribution in [1.29, 1.82) is 0 Å². The normalized spacial score (nSPS) is 11.3. The molecule has 4 aromatic rings. The van der Waals surface area contributed by atoms with E-state index in [1.54, 1.807) is 18.4 Å². The third-order valence-corrected chi connectivity index (χ3v) is 5.90. The van der Waals surface area contributed by atoms with Crippen molar-refractivity contribution < 1.29 is 4.74 Å². The van der Waals surface area contributed by atoms with Crippen molar-refractivity contribution in [2.45, 2.75) is 13.0 Å². The molecular weight excluding hydrogens is 380 g/mol. The van der Waals surface area contributed by atoms with Crippen LogP contribution in [0.2, 0.25) is 0 Å². The summed E-state index contributed by atoms with van der Waals surface area (Å²) >= 11 is 1.69. The number of ether oxygens (including phenoxy) is 1. The zero-order valence-electron chi connectivity index (χ0n) is 17.0. The molecule has 5 nitrogen and oxygen atoms in total. The van der Waals surface area contributed by atoms with Gasteiger partial charge in [0.15, 0.2) is 0 Å². The van der Waals surface area contributed by atoms with E-state index in [1.165, 1.54) is 22.0 Å². The Morgan fingerprint density at radius 1 is 1.14 bits per heavy atom. The monoisotopic (exact) mass is 406 g/mol. The second kappa shape index (κ2) is 8.68. The maximum absolute atomic E-state index is 5.20. The van der Waals surface area contributed by atoms with Crippen LogP contribution in [0.1, 0.15) is 11.3 Å². The molecule has 0 aliphatic rings. The number of fused-ring (bicyclic) bond motifs is 1. The average Bonchev–Trinajstić information content (AvgIpc) is 3.37. The van der Waals surface area contributed by atoms with Gasteiger partial charge < -0.3 is 19.9 Å². The number of thiazole rings is 1. The highest BCUT2D eigenvalue weighted by atomic mass is 32.1. The molecule has 0 bridgehead atoms. The van der Waals surface area contributed by atoms with Crippen LogP contribution in [-0.4, -0.2) is 42.6 Å². The zero-order chi connectivity index (χ0) is 20.2. The van der Waals surface area contributed by atoms with Crippen LogP contribution >= 0.6 is 11.3 Å². The standard InChI is InChI=1S/C23H26N4OS/c1-27(2)11-10-17-13-25-22-9-4-16(12-21(17)22)23-26-19(15-29-23)14-24-18-5-7-20(28-3)8-6-18/h4-9,12-13,15,24-25H,10-11,14H2,1-3H3. The number of hydrogen-bond donors (Lipinski definition) is 2. The number of nitrogens with one attached hydrogen (secondary N) is 2. The van der Waals surface area contributed by atoms with E-state index in [-0.39, 0.29) is 0 Å². The topological polar surface area (TPSA) is 53.2 Å². The molecule has 0 saturated carbocycles. The van der Waals surface area contributed by atoms with Gasteiger partial charge in [-0.05, 0) is 68.5 Å². The van der Waals surface area contributed by atoms with Gasteiger partial charge in [0.25, 0.3) is 0 Å². The van der Waals surface area contributed by atoms with E-state index in [9.17, 15) is 0 Å². The SMILES string of the molecule is COc1ccc(NCc2csc(-c3ccc4[nH]cc(CCN(C)C)c4c3)n2)cc1. The highest BCUT2D eigenvalue weighted by Gasteiger charge is 2.09. The predicted molar refractivity (Wildman–Crippen MR) is 122 cm³/mol. The van der Waals surface area contributed by atoms with E-state index < -0.39 is 0 Å². The predicted octanol–water partition coefficient (Wildman–Crippen LogP) is 5.02. The van der Waals surface area contributed by atoms with Crippen molar-refractivity contribution in [3.63, 3.8) is 0 Å². The molecule has 2 aromatic carbocycles. The number of hydrogen-bond acceptors (Lipinski definition) is 5. The van der Waals surface area contributed by atoms with Gasteiger partial charge >= 0.3 is 0 Å². The van der Waals surface area contributed by atoms with E-state index in [0.29, 0.717) is 6.54 Å². The van der Waals surface area contributed by atoms with Crippen LogP contribution in [0.15, 0.2) is 54.0 Å². The second-order valence-corrected chi connectivity index (χ2v) is 8.21. The Labute approximate surface area is 175 Å². The number of H-pyrrole nitrogens is 1. The van der Waals surface area contributed by atoms with Crippen molar-refractivity contribution in [3.05, 3.63) is 65.3 Å². The second-order valence-electron chi connectivity index (χ2n) is 7.35. The number of aromatic nitrogens is 2. The fourth-order valence-corrected chi connectivity index (χ4v) is 4.10.